The second kappa shape index (κ2) is 15.0. The number of benzene rings is 2. The van der Waals surface area contributed by atoms with Crippen molar-refractivity contribution in [3.8, 4) is 5.75 Å². The van der Waals surface area contributed by atoms with E-state index in [9.17, 15) is 0 Å². The molecule has 0 spiro atoms. The summed E-state index contributed by atoms with van der Waals surface area (Å²) < 4.78 is 16.5. The summed E-state index contributed by atoms with van der Waals surface area (Å²) in [7, 11) is 3.53. The fourth-order valence-corrected chi connectivity index (χ4v) is 3.84. The first-order valence-electron chi connectivity index (χ1n) is 11.3. The van der Waals surface area contributed by atoms with E-state index in [-0.39, 0.29) is 24.0 Å². The van der Waals surface area contributed by atoms with E-state index in [1.807, 2.05) is 26.1 Å². The van der Waals surface area contributed by atoms with Gasteiger partial charge in [0.2, 0.25) is 0 Å². The summed E-state index contributed by atoms with van der Waals surface area (Å²) in [5.74, 6) is 1.73. The van der Waals surface area contributed by atoms with Crippen LogP contribution in [0.15, 0.2) is 53.5 Å². The molecule has 7 nitrogen and oxygen atoms in total. The SMILES string of the molecule is CCOCCOCc1cccc(CNC(=NC)NC2CCN(c3ccccc3OC)C2)c1.I. The van der Waals surface area contributed by atoms with Crippen LogP contribution in [0, 0.1) is 0 Å². The standard InChI is InChI=1S/C25H36N4O3.HI/c1-4-31-14-15-32-19-21-9-7-8-20(16-21)17-27-25(26-2)28-22-12-13-29(18-22)23-10-5-6-11-24(23)30-3;/h5-11,16,22H,4,12-15,17-19H2,1-3H3,(H2,26,27,28);1H. The predicted molar refractivity (Wildman–Crippen MR) is 145 cm³/mol. The Morgan fingerprint density at radius 1 is 1.09 bits per heavy atom. The number of ether oxygens (including phenoxy) is 3. The molecule has 0 saturated carbocycles. The molecular weight excluding hydrogens is 531 g/mol. The molecule has 1 aliphatic heterocycles. The summed E-state index contributed by atoms with van der Waals surface area (Å²) in [5, 5.41) is 7.00. The van der Waals surface area contributed by atoms with Gasteiger partial charge in [-0.3, -0.25) is 4.99 Å². The molecule has 2 aromatic carbocycles. The van der Waals surface area contributed by atoms with E-state index >= 15 is 0 Å². The third kappa shape index (κ3) is 8.68. The molecule has 0 aliphatic carbocycles. The second-order valence-electron chi connectivity index (χ2n) is 7.74. The molecule has 8 heteroatoms. The fourth-order valence-electron chi connectivity index (χ4n) is 3.84. The molecule has 0 amide bonds. The third-order valence-electron chi connectivity index (χ3n) is 5.47. The van der Waals surface area contributed by atoms with Gasteiger partial charge in [-0.25, -0.2) is 0 Å². The highest BCUT2D eigenvalue weighted by Gasteiger charge is 2.25. The Labute approximate surface area is 214 Å². The summed E-state index contributed by atoms with van der Waals surface area (Å²) in [6, 6.07) is 16.9. The van der Waals surface area contributed by atoms with Gasteiger partial charge in [0.15, 0.2) is 5.96 Å². The summed E-state index contributed by atoms with van der Waals surface area (Å²) in [4.78, 5) is 6.77. The molecule has 1 atom stereocenters. The highest BCUT2D eigenvalue weighted by molar-refractivity contribution is 14.0. The van der Waals surface area contributed by atoms with Crippen molar-refractivity contribution in [2.24, 2.45) is 4.99 Å². The van der Waals surface area contributed by atoms with E-state index in [2.05, 4.69) is 56.9 Å². The number of hydrogen-bond acceptors (Lipinski definition) is 5. The van der Waals surface area contributed by atoms with Crippen molar-refractivity contribution in [3.63, 3.8) is 0 Å². The van der Waals surface area contributed by atoms with Gasteiger partial charge in [0.25, 0.3) is 0 Å². The maximum absolute atomic E-state index is 5.68. The van der Waals surface area contributed by atoms with Gasteiger partial charge in [-0.2, -0.15) is 0 Å². The minimum atomic E-state index is 0. The Morgan fingerprint density at radius 3 is 2.67 bits per heavy atom. The lowest BCUT2D eigenvalue weighted by Gasteiger charge is -2.22. The summed E-state index contributed by atoms with van der Waals surface area (Å²) in [5.41, 5.74) is 3.50. The third-order valence-corrected chi connectivity index (χ3v) is 5.47. The normalized spacial score (nSPS) is 15.8. The molecule has 33 heavy (non-hydrogen) atoms. The molecule has 2 N–H and O–H groups in total. The molecule has 1 unspecified atom stereocenters. The number of guanidine groups is 1. The Kier molecular flexibility index (Phi) is 12.3. The zero-order valence-corrected chi connectivity index (χ0v) is 22.2. The van der Waals surface area contributed by atoms with E-state index in [4.69, 9.17) is 14.2 Å². The number of halogens is 1. The largest absolute Gasteiger partial charge is 0.495 e. The van der Waals surface area contributed by atoms with Crippen LogP contribution in [0.25, 0.3) is 0 Å². The number of hydrogen-bond donors (Lipinski definition) is 2. The Balaban J connectivity index is 0.00000385. The van der Waals surface area contributed by atoms with Gasteiger partial charge in [0, 0.05) is 39.3 Å². The molecule has 1 heterocycles. The van der Waals surface area contributed by atoms with Crippen LogP contribution in [0.5, 0.6) is 5.75 Å². The van der Waals surface area contributed by atoms with Crippen molar-refractivity contribution in [1.82, 2.24) is 10.6 Å². The van der Waals surface area contributed by atoms with Crippen LogP contribution in [-0.4, -0.2) is 59.1 Å². The molecule has 2 aromatic rings. The van der Waals surface area contributed by atoms with Gasteiger partial charge >= 0.3 is 0 Å². The summed E-state index contributed by atoms with van der Waals surface area (Å²) in [6.45, 7) is 7.15. The molecule has 182 valence electrons. The smallest absolute Gasteiger partial charge is 0.191 e. The van der Waals surface area contributed by atoms with Crippen molar-refractivity contribution in [2.45, 2.75) is 32.5 Å². The van der Waals surface area contributed by atoms with Crippen LogP contribution in [-0.2, 0) is 22.6 Å². The van der Waals surface area contributed by atoms with Gasteiger partial charge < -0.3 is 29.7 Å². The van der Waals surface area contributed by atoms with Gasteiger partial charge in [0.1, 0.15) is 5.75 Å². The van der Waals surface area contributed by atoms with Crippen LogP contribution in [0.1, 0.15) is 24.5 Å². The topological polar surface area (TPSA) is 67.4 Å². The lowest BCUT2D eigenvalue weighted by molar-refractivity contribution is 0.0453. The van der Waals surface area contributed by atoms with Crippen LogP contribution < -0.4 is 20.3 Å². The number of anilines is 1. The number of nitrogens with one attached hydrogen (secondary N) is 2. The molecule has 1 saturated heterocycles. The van der Waals surface area contributed by atoms with Gasteiger partial charge in [-0.05, 0) is 36.6 Å². The first-order chi connectivity index (χ1) is 15.7. The van der Waals surface area contributed by atoms with E-state index in [0.717, 1.165) is 49.1 Å². The first kappa shape index (κ1) is 27.2. The second-order valence-corrected chi connectivity index (χ2v) is 7.74. The Bertz CT molecular complexity index is 865. The average Bonchev–Trinajstić information content (AvgIpc) is 3.30. The van der Waals surface area contributed by atoms with E-state index in [1.54, 1.807) is 7.11 Å². The maximum atomic E-state index is 5.68. The molecule has 3 rings (SSSR count). The quantitative estimate of drug-likeness (QED) is 0.186. The van der Waals surface area contributed by atoms with Crippen LogP contribution in [0.2, 0.25) is 0 Å². The lowest BCUT2D eigenvalue weighted by Crippen LogP contribution is -2.44. The van der Waals surface area contributed by atoms with Crippen LogP contribution >= 0.6 is 24.0 Å². The van der Waals surface area contributed by atoms with Gasteiger partial charge in [-0.1, -0.05) is 36.4 Å². The molecular formula is C25H37IN4O3. The number of aliphatic imine (C=N–C) groups is 1. The minimum absolute atomic E-state index is 0. The Morgan fingerprint density at radius 2 is 1.88 bits per heavy atom. The molecule has 1 aliphatic rings. The van der Waals surface area contributed by atoms with E-state index in [1.165, 1.54) is 5.56 Å². The fraction of sp³-hybridized carbons (Fsp3) is 0.480. The molecule has 1 fully saturated rings. The average molecular weight is 569 g/mol. The van der Waals surface area contributed by atoms with Crippen molar-refractivity contribution in [2.75, 3.05) is 52.0 Å². The summed E-state index contributed by atoms with van der Waals surface area (Å²) >= 11 is 0. The molecule has 0 aromatic heterocycles. The first-order valence-corrected chi connectivity index (χ1v) is 11.3. The zero-order valence-electron chi connectivity index (χ0n) is 19.9. The van der Waals surface area contributed by atoms with Gasteiger partial charge in [0.05, 0.1) is 32.6 Å². The number of rotatable bonds is 11. The van der Waals surface area contributed by atoms with Crippen molar-refractivity contribution >= 4 is 35.6 Å². The number of nitrogens with zero attached hydrogens (tertiary/aromatic N) is 2. The molecule has 0 bridgehead atoms. The van der Waals surface area contributed by atoms with E-state index < -0.39 is 0 Å². The zero-order chi connectivity index (χ0) is 22.6. The van der Waals surface area contributed by atoms with Crippen LogP contribution in [0.3, 0.4) is 0 Å². The van der Waals surface area contributed by atoms with Gasteiger partial charge in [-0.15, -0.1) is 24.0 Å². The lowest BCUT2D eigenvalue weighted by atomic mass is 10.1. The maximum Gasteiger partial charge on any atom is 0.191 e. The highest BCUT2D eigenvalue weighted by atomic mass is 127. The van der Waals surface area contributed by atoms with E-state index in [0.29, 0.717) is 32.4 Å². The van der Waals surface area contributed by atoms with Crippen LogP contribution in [0.4, 0.5) is 5.69 Å². The Hall–Kier alpha value is -2.04. The highest BCUT2D eigenvalue weighted by Crippen LogP contribution is 2.30. The van der Waals surface area contributed by atoms with Crippen molar-refractivity contribution in [1.29, 1.82) is 0 Å². The predicted octanol–water partition coefficient (Wildman–Crippen LogP) is 3.81. The minimum Gasteiger partial charge on any atom is -0.495 e. The monoisotopic (exact) mass is 568 g/mol. The van der Waals surface area contributed by atoms with Crippen molar-refractivity contribution < 1.29 is 14.2 Å². The van der Waals surface area contributed by atoms with Crippen molar-refractivity contribution in [3.05, 3.63) is 59.7 Å². The number of para-hydroxylation sites is 2. The molecule has 0 radical (unpaired) electrons. The number of methoxy groups -OCH3 is 1. The summed E-state index contributed by atoms with van der Waals surface area (Å²) in [6.07, 6.45) is 1.05.